The number of rotatable bonds is 1. The third-order valence-corrected chi connectivity index (χ3v) is 3.68. The molecule has 0 atom stereocenters. The number of allylic oxidation sites excluding steroid dienone is 2. The molecule has 0 N–H and O–H groups in total. The topological polar surface area (TPSA) is 0 Å². The highest BCUT2D eigenvalue weighted by Gasteiger charge is 2.41. The first-order chi connectivity index (χ1) is 5.26. The summed E-state index contributed by atoms with van der Waals surface area (Å²) in [5.74, 6) is 0.728. The number of hydrogen-bond donors (Lipinski definition) is 0. The molecule has 0 saturated heterocycles. The molecule has 12 heavy (non-hydrogen) atoms. The molecular formula is C12H22. The monoisotopic (exact) mass is 166 g/mol. The minimum absolute atomic E-state index is 0.382. The lowest BCUT2D eigenvalue weighted by Gasteiger charge is -2.34. The average molecular weight is 166 g/mol. The van der Waals surface area contributed by atoms with Crippen molar-refractivity contribution < 1.29 is 0 Å². The molecule has 0 radical (unpaired) electrons. The van der Waals surface area contributed by atoms with Crippen LogP contribution in [-0.2, 0) is 0 Å². The van der Waals surface area contributed by atoms with E-state index in [4.69, 9.17) is 0 Å². The molecule has 1 aliphatic carbocycles. The van der Waals surface area contributed by atoms with Crippen molar-refractivity contribution in [1.29, 1.82) is 0 Å². The SMILES string of the molecule is CC(C)C1=CC(C)(C)C(C)(C)C1. The molecule has 0 saturated carbocycles. The molecule has 0 amide bonds. The molecule has 0 nitrogen and oxygen atoms in total. The van der Waals surface area contributed by atoms with Crippen molar-refractivity contribution in [1.82, 2.24) is 0 Å². The quantitative estimate of drug-likeness (QED) is 0.516. The zero-order valence-corrected chi connectivity index (χ0v) is 9.36. The van der Waals surface area contributed by atoms with Crippen LogP contribution >= 0.6 is 0 Å². The second-order valence-corrected chi connectivity index (χ2v) is 5.66. The third-order valence-electron chi connectivity index (χ3n) is 3.68. The normalized spacial score (nSPS) is 26.1. The summed E-state index contributed by atoms with van der Waals surface area (Å²) < 4.78 is 0. The van der Waals surface area contributed by atoms with Gasteiger partial charge in [-0.2, -0.15) is 0 Å². The van der Waals surface area contributed by atoms with Gasteiger partial charge in [0.05, 0.1) is 0 Å². The van der Waals surface area contributed by atoms with Gasteiger partial charge in [0.25, 0.3) is 0 Å². The van der Waals surface area contributed by atoms with Gasteiger partial charge >= 0.3 is 0 Å². The molecule has 0 aromatic rings. The fourth-order valence-electron chi connectivity index (χ4n) is 1.82. The van der Waals surface area contributed by atoms with Crippen LogP contribution in [0.25, 0.3) is 0 Å². The van der Waals surface area contributed by atoms with Crippen LogP contribution in [0.15, 0.2) is 11.6 Å². The Kier molecular flexibility index (Phi) is 2.14. The van der Waals surface area contributed by atoms with Gasteiger partial charge in [-0.3, -0.25) is 0 Å². The van der Waals surface area contributed by atoms with E-state index >= 15 is 0 Å². The van der Waals surface area contributed by atoms with Crippen LogP contribution < -0.4 is 0 Å². The molecule has 0 bridgehead atoms. The van der Waals surface area contributed by atoms with Crippen LogP contribution in [0.2, 0.25) is 0 Å². The van der Waals surface area contributed by atoms with Gasteiger partial charge in [0, 0.05) is 0 Å². The molecule has 1 aliphatic rings. The Morgan fingerprint density at radius 1 is 1.17 bits per heavy atom. The van der Waals surface area contributed by atoms with Crippen molar-refractivity contribution in [2.45, 2.75) is 48.0 Å². The molecule has 70 valence electrons. The van der Waals surface area contributed by atoms with Crippen LogP contribution in [0, 0.1) is 16.7 Å². The first-order valence-corrected chi connectivity index (χ1v) is 4.98. The van der Waals surface area contributed by atoms with E-state index in [0.29, 0.717) is 10.8 Å². The predicted molar refractivity (Wildman–Crippen MR) is 55.1 cm³/mol. The van der Waals surface area contributed by atoms with Crippen molar-refractivity contribution in [3.63, 3.8) is 0 Å². The maximum absolute atomic E-state index is 2.48. The second-order valence-electron chi connectivity index (χ2n) is 5.66. The van der Waals surface area contributed by atoms with Crippen LogP contribution in [0.1, 0.15) is 48.0 Å². The lowest BCUT2D eigenvalue weighted by Crippen LogP contribution is -2.26. The van der Waals surface area contributed by atoms with Crippen molar-refractivity contribution in [3.8, 4) is 0 Å². The smallest absolute Gasteiger partial charge is 0.0118 e. The molecule has 1 rings (SSSR count). The van der Waals surface area contributed by atoms with Gasteiger partial charge in [0.1, 0.15) is 0 Å². The van der Waals surface area contributed by atoms with Crippen molar-refractivity contribution >= 4 is 0 Å². The van der Waals surface area contributed by atoms with E-state index in [1.807, 2.05) is 0 Å². The molecule has 0 fully saturated rings. The van der Waals surface area contributed by atoms with Gasteiger partial charge in [-0.25, -0.2) is 0 Å². The first kappa shape index (κ1) is 9.83. The molecule has 0 aliphatic heterocycles. The summed E-state index contributed by atoms with van der Waals surface area (Å²) in [6, 6.07) is 0. The van der Waals surface area contributed by atoms with Gasteiger partial charge in [0.15, 0.2) is 0 Å². The Balaban J connectivity index is 2.90. The highest BCUT2D eigenvalue weighted by atomic mass is 14.5. The lowest BCUT2D eigenvalue weighted by atomic mass is 9.70. The van der Waals surface area contributed by atoms with E-state index in [0.717, 1.165) is 5.92 Å². The third kappa shape index (κ3) is 1.44. The molecule has 0 heteroatoms. The van der Waals surface area contributed by atoms with Gasteiger partial charge in [0.2, 0.25) is 0 Å². The predicted octanol–water partition coefficient (Wildman–Crippen LogP) is 4.02. The summed E-state index contributed by atoms with van der Waals surface area (Å²) in [5.41, 5.74) is 2.48. The largest absolute Gasteiger partial charge is 0.0788 e. The highest BCUT2D eigenvalue weighted by Crippen LogP contribution is 2.51. The molecule has 0 aromatic heterocycles. The molecule has 0 aromatic carbocycles. The maximum Gasteiger partial charge on any atom is -0.0118 e. The zero-order chi connectivity index (χ0) is 9.57. The van der Waals surface area contributed by atoms with Gasteiger partial charge < -0.3 is 0 Å². The number of hydrogen-bond acceptors (Lipinski definition) is 0. The fraction of sp³-hybridized carbons (Fsp3) is 0.833. The maximum atomic E-state index is 2.48. The Hall–Kier alpha value is -0.260. The van der Waals surface area contributed by atoms with E-state index in [9.17, 15) is 0 Å². The summed E-state index contributed by atoms with van der Waals surface area (Å²) in [4.78, 5) is 0. The molecule has 0 heterocycles. The van der Waals surface area contributed by atoms with Crippen LogP contribution in [0.5, 0.6) is 0 Å². The van der Waals surface area contributed by atoms with Crippen molar-refractivity contribution in [2.24, 2.45) is 16.7 Å². The van der Waals surface area contributed by atoms with E-state index < -0.39 is 0 Å². The highest BCUT2D eigenvalue weighted by molar-refractivity contribution is 5.22. The van der Waals surface area contributed by atoms with Crippen LogP contribution in [0.4, 0.5) is 0 Å². The van der Waals surface area contributed by atoms with Gasteiger partial charge in [-0.15, -0.1) is 0 Å². The summed E-state index contributed by atoms with van der Waals surface area (Å²) in [6.45, 7) is 14.0. The summed E-state index contributed by atoms with van der Waals surface area (Å²) in [5, 5.41) is 0. The minimum atomic E-state index is 0.382. The van der Waals surface area contributed by atoms with E-state index in [1.165, 1.54) is 6.42 Å². The zero-order valence-electron chi connectivity index (χ0n) is 9.36. The molecule has 0 unspecified atom stereocenters. The summed E-state index contributed by atoms with van der Waals surface area (Å²) >= 11 is 0. The van der Waals surface area contributed by atoms with E-state index in [1.54, 1.807) is 5.57 Å². The first-order valence-electron chi connectivity index (χ1n) is 4.98. The molecule has 0 spiro atoms. The Labute approximate surface area is 77.1 Å². The van der Waals surface area contributed by atoms with Crippen molar-refractivity contribution in [3.05, 3.63) is 11.6 Å². The van der Waals surface area contributed by atoms with Gasteiger partial charge in [-0.05, 0) is 23.2 Å². The second kappa shape index (κ2) is 2.61. The summed E-state index contributed by atoms with van der Waals surface area (Å²) in [6.07, 6.45) is 3.76. The van der Waals surface area contributed by atoms with E-state index in [2.05, 4.69) is 47.6 Å². The minimum Gasteiger partial charge on any atom is -0.0788 e. The van der Waals surface area contributed by atoms with Crippen molar-refractivity contribution in [2.75, 3.05) is 0 Å². The van der Waals surface area contributed by atoms with E-state index in [-0.39, 0.29) is 0 Å². The Morgan fingerprint density at radius 2 is 1.67 bits per heavy atom. The standard InChI is InChI=1S/C12H22/c1-9(2)10-7-11(3,4)12(5,6)8-10/h7,9H,8H2,1-6H3. The van der Waals surface area contributed by atoms with Crippen LogP contribution in [-0.4, -0.2) is 0 Å². The lowest BCUT2D eigenvalue weighted by molar-refractivity contribution is 0.188. The molecular weight excluding hydrogens is 144 g/mol. The van der Waals surface area contributed by atoms with Crippen LogP contribution in [0.3, 0.4) is 0 Å². The fourth-order valence-corrected chi connectivity index (χ4v) is 1.82. The summed E-state index contributed by atoms with van der Waals surface area (Å²) in [7, 11) is 0. The Bertz CT molecular complexity index is 204. The Morgan fingerprint density at radius 3 is 1.83 bits per heavy atom. The van der Waals surface area contributed by atoms with Gasteiger partial charge in [-0.1, -0.05) is 53.2 Å². The average Bonchev–Trinajstić information content (AvgIpc) is 2.03.